The fraction of sp³-hybridized carbons (Fsp3) is 0. The van der Waals surface area contributed by atoms with Crippen molar-refractivity contribution in [1.29, 1.82) is 0 Å². The summed E-state index contributed by atoms with van der Waals surface area (Å²) < 4.78 is 3.47. The summed E-state index contributed by atoms with van der Waals surface area (Å²) in [5, 5.41) is 30.9. The Balaban J connectivity index is -0.000000180. The molecule has 0 aromatic carbocycles. The van der Waals surface area contributed by atoms with E-state index in [0.717, 1.165) is 0 Å². The van der Waals surface area contributed by atoms with E-state index >= 15 is 0 Å². The van der Waals surface area contributed by atoms with Crippen LogP contribution in [0.15, 0.2) is 0 Å². The molecule has 0 fully saturated rings. The minimum atomic E-state index is -2.13. The van der Waals surface area contributed by atoms with Crippen molar-refractivity contribution in [1.82, 2.24) is 0 Å². The molecule has 0 unspecified atom stereocenters. The second-order valence-corrected chi connectivity index (χ2v) is 0.789. The van der Waals surface area contributed by atoms with Gasteiger partial charge in [0.1, 0.15) is 0 Å². The summed E-state index contributed by atoms with van der Waals surface area (Å²) in [4.78, 5) is 0. The van der Waals surface area contributed by atoms with Crippen LogP contribution in [0.1, 0.15) is 0 Å². The van der Waals surface area contributed by atoms with Crippen LogP contribution >= 0.6 is 0 Å². The SMILES string of the molecule is OB(O)OB(O)O.[KH].[KH]. The Bertz CT molecular complexity index is 42.2. The molecule has 0 bridgehead atoms. The van der Waals surface area contributed by atoms with E-state index < -0.39 is 14.6 Å². The van der Waals surface area contributed by atoms with Crippen LogP contribution in [0.25, 0.3) is 0 Å². The molecule has 0 atom stereocenters. The first-order valence-electron chi connectivity index (χ1n) is 1.50. The standard InChI is InChI=1S/B2H4O5.2K.2H/c3-1(4)7-2(5)6;;;;/h3-6H;;;;. The van der Waals surface area contributed by atoms with Gasteiger partial charge < -0.3 is 24.7 Å². The molecule has 9 heteroatoms. The first kappa shape index (κ1) is 18.1. The fourth-order valence-electron chi connectivity index (χ4n) is 0.109. The summed E-state index contributed by atoms with van der Waals surface area (Å²) in [6, 6.07) is 0. The van der Waals surface area contributed by atoms with E-state index in [1.807, 2.05) is 0 Å². The molecule has 0 aliphatic rings. The molecule has 5 nitrogen and oxygen atoms in total. The van der Waals surface area contributed by atoms with Gasteiger partial charge in [-0.15, -0.1) is 0 Å². The zero-order valence-electron chi connectivity index (χ0n) is 3.35. The van der Waals surface area contributed by atoms with Crippen LogP contribution in [0, 0.1) is 0 Å². The van der Waals surface area contributed by atoms with Crippen LogP contribution in [0.3, 0.4) is 0 Å². The second-order valence-electron chi connectivity index (χ2n) is 0.789. The zero-order chi connectivity index (χ0) is 5.86. The maximum atomic E-state index is 7.74. The quantitative estimate of drug-likeness (QED) is 0.327. The molecule has 44 valence electrons. The Morgan fingerprint density at radius 1 is 0.778 bits per heavy atom. The van der Waals surface area contributed by atoms with Gasteiger partial charge in [0.2, 0.25) is 0 Å². The third-order valence-electron chi connectivity index (χ3n) is 0.243. The maximum absolute atomic E-state index is 7.74. The summed E-state index contributed by atoms with van der Waals surface area (Å²) in [5.41, 5.74) is 0. The molecule has 0 aliphatic heterocycles. The zero-order valence-corrected chi connectivity index (χ0v) is 3.35. The van der Waals surface area contributed by atoms with Gasteiger partial charge in [-0.3, -0.25) is 0 Å². The van der Waals surface area contributed by atoms with Crippen molar-refractivity contribution in [2.45, 2.75) is 0 Å². The number of hydrogen-bond acceptors (Lipinski definition) is 5. The molecule has 0 spiro atoms. The van der Waals surface area contributed by atoms with Crippen molar-refractivity contribution in [3.05, 3.63) is 0 Å². The fourth-order valence-corrected chi connectivity index (χ4v) is 0.109. The molecule has 0 rings (SSSR count). The van der Waals surface area contributed by atoms with Crippen LogP contribution in [0.2, 0.25) is 0 Å². The van der Waals surface area contributed by atoms with Gasteiger partial charge in [0.05, 0.1) is 0 Å². The summed E-state index contributed by atoms with van der Waals surface area (Å²) in [5.74, 6) is 0. The first-order valence-corrected chi connectivity index (χ1v) is 1.50. The molecule has 0 saturated carbocycles. The van der Waals surface area contributed by atoms with Crippen LogP contribution < -0.4 is 0 Å². The van der Waals surface area contributed by atoms with Crippen LogP contribution in [0.4, 0.5) is 0 Å². The Kier molecular flexibility index (Phi) is 22.5. The predicted molar refractivity (Wildman–Crippen MR) is 35.8 cm³/mol. The molecule has 0 aromatic heterocycles. The Morgan fingerprint density at radius 2 is 1.00 bits per heavy atom. The van der Waals surface area contributed by atoms with Crippen molar-refractivity contribution < 1.29 is 24.7 Å². The van der Waals surface area contributed by atoms with Crippen LogP contribution in [0.5, 0.6) is 0 Å². The third-order valence-corrected chi connectivity index (χ3v) is 0.243. The van der Waals surface area contributed by atoms with E-state index in [-0.39, 0.29) is 103 Å². The molecule has 0 heterocycles. The van der Waals surface area contributed by atoms with E-state index in [1.165, 1.54) is 0 Å². The molecule has 0 amide bonds. The molecule has 0 aliphatic carbocycles. The van der Waals surface area contributed by atoms with E-state index in [0.29, 0.717) is 0 Å². The second kappa shape index (κ2) is 11.2. The van der Waals surface area contributed by atoms with E-state index in [4.69, 9.17) is 20.1 Å². The van der Waals surface area contributed by atoms with E-state index in [1.54, 1.807) is 0 Å². The van der Waals surface area contributed by atoms with Crippen molar-refractivity contribution >= 4 is 117 Å². The Hall–Kier alpha value is 3.20. The molecule has 0 radical (unpaired) electrons. The molecular weight excluding hydrogens is 180 g/mol. The van der Waals surface area contributed by atoms with Crippen molar-refractivity contribution in [2.24, 2.45) is 0 Å². The van der Waals surface area contributed by atoms with Crippen LogP contribution in [-0.2, 0) is 4.57 Å². The molecule has 0 saturated heterocycles. The van der Waals surface area contributed by atoms with Crippen molar-refractivity contribution in [2.75, 3.05) is 0 Å². The van der Waals surface area contributed by atoms with Gasteiger partial charge in [-0.25, -0.2) is 0 Å². The Labute approximate surface area is 138 Å². The molecular formula is H6B2K2O5. The normalized spacial score (nSPS) is 6.67. The number of hydrogen-bond donors (Lipinski definition) is 4. The van der Waals surface area contributed by atoms with Gasteiger partial charge in [-0.05, 0) is 0 Å². The van der Waals surface area contributed by atoms with Crippen LogP contribution in [-0.4, -0.2) is 138 Å². The Morgan fingerprint density at radius 3 is 1.00 bits per heavy atom. The first-order chi connectivity index (χ1) is 3.13. The average molecular weight is 186 g/mol. The van der Waals surface area contributed by atoms with Gasteiger partial charge >= 0.3 is 117 Å². The predicted octanol–water partition coefficient (Wildman–Crippen LogP) is -4.35. The monoisotopic (exact) mass is 186 g/mol. The summed E-state index contributed by atoms with van der Waals surface area (Å²) >= 11 is 0. The third kappa shape index (κ3) is 18.3. The number of rotatable bonds is 2. The summed E-state index contributed by atoms with van der Waals surface area (Å²) in [7, 11) is -4.25. The molecule has 9 heavy (non-hydrogen) atoms. The van der Waals surface area contributed by atoms with E-state index in [9.17, 15) is 0 Å². The van der Waals surface area contributed by atoms with Gasteiger partial charge in [0.15, 0.2) is 0 Å². The summed E-state index contributed by atoms with van der Waals surface area (Å²) in [6.45, 7) is 0. The molecule has 0 aromatic rings. The van der Waals surface area contributed by atoms with Gasteiger partial charge in [-0.2, -0.15) is 0 Å². The van der Waals surface area contributed by atoms with Crippen molar-refractivity contribution in [3.8, 4) is 0 Å². The summed E-state index contributed by atoms with van der Waals surface area (Å²) in [6.07, 6.45) is 0. The van der Waals surface area contributed by atoms with Gasteiger partial charge in [0, 0.05) is 0 Å². The van der Waals surface area contributed by atoms with Gasteiger partial charge in [-0.1, -0.05) is 0 Å². The van der Waals surface area contributed by atoms with Crippen molar-refractivity contribution in [3.63, 3.8) is 0 Å². The average Bonchev–Trinajstić information content (AvgIpc) is 1.27. The van der Waals surface area contributed by atoms with Gasteiger partial charge in [0.25, 0.3) is 0 Å². The molecule has 4 N–H and O–H groups in total. The van der Waals surface area contributed by atoms with E-state index in [2.05, 4.69) is 4.57 Å². The topological polar surface area (TPSA) is 90.2 Å². The minimum absolute atomic E-state index is 0.